The van der Waals surface area contributed by atoms with Crippen molar-refractivity contribution in [1.29, 1.82) is 0 Å². The van der Waals surface area contributed by atoms with Crippen molar-refractivity contribution in [1.82, 2.24) is 10.2 Å². The van der Waals surface area contributed by atoms with Gasteiger partial charge in [-0.05, 0) is 53.6 Å². The van der Waals surface area contributed by atoms with Crippen LogP contribution in [0.3, 0.4) is 0 Å². The average molecular weight is 560 g/mol. The summed E-state index contributed by atoms with van der Waals surface area (Å²) in [6, 6.07) is 18.8. The molecule has 204 valence electrons. The third-order valence-corrected chi connectivity index (χ3v) is 6.89. The first-order valence-corrected chi connectivity index (χ1v) is 12.5. The molecule has 1 aromatic heterocycles. The predicted octanol–water partition coefficient (Wildman–Crippen LogP) is 4.65. The summed E-state index contributed by atoms with van der Waals surface area (Å²) in [7, 11) is 0. The smallest absolute Gasteiger partial charge is 0.305 e. The molecule has 40 heavy (non-hydrogen) atoms. The van der Waals surface area contributed by atoms with E-state index in [4.69, 9.17) is 4.42 Å². The van der Waals surface area contributed by atoms with E-state index in [2.05, 4.69) is 20.9 Å². The number of guanidine groups is 1. The molecule has 2 amide bonds. The summed E-state index contributed by atoms with van der Waals surface area (Å²) < 4.78 is 5.49. The van der Waals surface area contributed by atoms with Crippen molar-refractivity contribution >= 4 is 58.5 Å². The number of halogens is 1. The van der Waals surface area contributed by atoms with Gasteiger partial charge >= 0.3 is 5.97 Å². The molecule has 10 nitrogen and oxygen atoms in total. The minimum Gasteiger partial charge on any atom is -0.481 e. The highest BCUT2D eigenvalue weighted by molar-refractivity contribution is 6.07. The standard InChI is InChI=1S/C29H25N5O5.ClH/c35-26(36)15-24(21-5-2-6-25-22(21)9-12-39-25)34-16-18-7-8-20(14-23(18)28(34)38)32-27(37)17-3-1-4-19(13-17)33-29-30-10-11-31-29;/h1-9,12-14,24H,10-11,15-16H2,(H,32,37)(H,35,36)(H2,30,31,33);1H. The van der Waals surface area contributed by atoms with Crippen molar-refractivity contribution in [3.05, 3.63) is 95.2 Å². The number of benzene rings is 3. The second-order valence-corrected chi connectivity index (χ2v) is 9.42. The predicted molar refractivity (Wildman–Crippen MR) is 153 cm³/mol. The van der Waals surface area contributed by atoms with Gasteiger partial charge in [0.15, 0.2) is 5.96 Å². The number of rotatable bonds is 7. The molecule has 2 aliphatic heterocycles. The highest BCUT2D eigenvalue weighted by atomic mass is 35.5. The summed E-state index contributed by atoms with van der Waals surface area (Å²) in [4.78, 5) is 44.2. The Hall–Kier alpha value is -4.83. The van der Waals surface area contributed by atoms with E-state index in [1.807, 2.05) is 12.1 Å². The van der Waals surface area contributed by atoms with E-state index < -0.39 is 12.0 Å². The number of nitrogens with one attached hydrogen (secondary N) is 3. The zero-order valence-corrected chi connectivity index (χ0v) is 22.0. The van der Waals surface area contributed by atoms with Crippen molar-refractivity contribution < 1.29 is 23.9 Å². The van der Waals surface area contributed by atoms with Gasteiger partial charge < -0.3 is 30.4 Å². The van der Waals surface area contributed by atoms with Crippen LogP contribution < -0.4 is 16.0 Å². The Morgan fingerprint density at radius 2 is 1.93 bits per heavy atom. The number of nitrogens with zero attached hydrogens (tertiary/aromatic N) is 2. The molecule has 6 rings (SSSR count). The fourth-order valence-electron chi connectivity index (χ4n) is 5.07. The van der Waals surface area contributed by atoms with Crippen LogP contribution in [0.4, 0.5) is 11.4 Å². The van der Waals surface area contributed by atoms with Gasteiger partial charge in [-0.15, -0.1) is 12.4 Å². The number of aliphatic carboxylic acids is 1. The second kappa shape index (κ2) is 11.1. The van der Waals surface area contributed by atoms with Gasteiger partial charge in [0, 0.05) is 41.0 Å². The molecule has 11 heteroatoms. The maximum atomic E-state index is 13.6. The number of fused-ring (bicyclic) bond motifs is 2. The summed E-state index contributed by atoms with van der Waals surface area (Å²) in [5.41, 5.74) is 4.19. The number of carbonyl (C=O) groups is 3. The Kier molecular flexibility index (Phi) is 7.43. The Morgan fingerprint density at radius 1 is 1.07 bits per heavy atom. The Bertz CT molecular complexity index is 1650. The summed E-state index contributed by atoms with van der Waals surface area (Å²) >= 11 is 0. The number of anilines is 2. The van der Waals surface area contributed by atoms with Crippen LogP contribution in [0.25, 0.3) is 11.0 Å². The van der Waals surface area contributed by atoms with E-state index in [1.165, 1.54) is 0 Å². The van der Waals surface area contributed by atoms with Crippen molar-refractivity contribution in [2.45, 2.75) is 19.0 Å². The fraction of sp³-hybridized carbons (Fsp3) is 0.172. The minimum atomic E-state index is -1.01. The highest BCUT2D eigenvalue weighted by Gasteiger charge is 2.35. The van der Waals surface area contributed by atoms with Crippen LogP contribution in [-0.4, -0.2) is 46.8 Å². The van der Waals surface area contributed by atoms with Crippen LogP contribution >= 0.6 is 12.4 Å². The molecule has 3 aromatic carbocycles. The number of furan rings is 1. The van der Waals surface area contributed by atoms with Crippen LogP contribution in [0.5, 0.6) is 0 Å². The van der Waals surface area contributed by atoms with Gasteiger partial charge in [-0.1, -0.05) is 24.3 Å². The molecule has 1 unspecified atom stereocenters. The molecule has 0 fully saturated rings. The first-order valence-electron chi connectivity index (χ1n) is 12.5. The number of hydrogen-bond donors (Lipinski definition) is 4. The lowest BCUT2D eigenvalue weighted by Gasteiger charge is -2.27. The van der Waals surface area contributed by atoms with Crippen molar-refractivity contribution in [3.8, 4) is 0 Å². The number of carboxylic acid groups (broad SMARTS) is 1. The summed E-state index contributed by atoms with van der Waals surface area (Å²) in [5, 5.41) is 19.6. The molecule has 4 N–H and O–H groups in total. The Morgan fingerprint density at radius 3 is 2.73 bits per heavy atom. The van der Waals surface area contributed by atoms with Gasteiger partial charge in [-0.2, -0.15) is 0 Å². The quantitative estimate of drug-likeness (QED) is 0.259. The average Bonchev–Trinajstić information content (AvgIpc) is 3.68. The Labute approximate surface area is 235 Å². The molecule has 0 saturated carbocycles. The first-order chi connectivity index (χ1) is 19.0. The van der Waals surface area contributed by atoms with Gasteiger partial charge in [-0.3, -0.25) is 19.4 Å². The lowest BCUT2D eigenvalue weighted by molar-refractivity contribution is -0.138. The van der Waals surface area contributed by atoms with Crippen molar-refractivity contribution in [2.75, 3.05) is 23.7 Å². The fourth-order valence-corrected chi connectivity index (χ4v) is 5.07. The molecular formula is C29H26ClN5O5. The van der Waals surface area contributed by atoms with E-state index >= 15 is 0 Å². The van der Waals surface area contributed by atoms with Gasteiger partial charge in [0.1, 0.15) is 5.58 Å². The van der Waals surface area contributed by atoms with Gasteiger partial charge in [-0.25, -0.2) is 0 Å². The number of carboxylic acids is 1. The topological polar surface area (TPSA) is 136 Å². The molecular weight excluding hydrogens is 534 g/mol. The molecule has 0 radical (unpaired) electrons. The van der Waals surface area contributed by atoms with Crippen LogP contribution in [0.2, 0.25) is 0 Å². The number of hydrogen-bond acceptors (Lipinski definition) is 7. The van der Waals surface area contributed by atoms with Crippen molar-refractivity contribution in [3.63, 3.8) is 0 Å². The summed E-state index contributed by atoms with van der Waals surface area (Å²) in [6.45, 7) is 1.74. The molecule has 1 atom stereocenters. The monoisotopic (exact) mass is 559 g/mol. The van der Waals surface area contributed by atoms with Crippen LogP contribution in [0, 0.1) is 0 Å². The van der Waals surface area contributed by atoms with Crippen LogP contribution in [-0.2, 0) is 11.3 Å². The van der Waals surface area contributed by atoms with E-state index in [1.54, 1.807) is 65.8 Å². The molecule has 4 aromatic rings. The van der Waals surface area contributed by atoms with E-state index in [0.29, 0.717) is 40.5 Å². The third kappa shape index (κ3) is 5.21. The van der Waals surface area contributed by atoms with Crippen molar-refractivity contribution in [2.24, 2.45) is 4.99 Å². The zero-order chi connectivity index (χ0) is 26.9. The number of aliphatic imine (C=N–C) groups is 1. The molecule has 0 spiro atoms. The van der Waals surface area contributed by atoms with Gasteiger partial charge in [0.05, 0.1) is 25.3 Å². The summed E-state index contributed by atoms with van der Waals surface area (Å²) in [6.07, 6.45) is 1.30. The first kappa shape index (κ1) is 26.8. The Balaban J connectivity index is 0.00000323. The SMILES string of the molecule is Cl.O=C(O)CC(c1cccc2occc12)N1Cc2ccc(NC(=O)c3cccc(NC4=NCCN4)c3)cc2C1=O. The number of amides is 2. The van der Waals surface area contributed by atoms with Crippen LogP contribution in [0.15, 0.2) is 82.4 Å². The largest absolute Gasteiger partial charge is 0.481 e. The molecule has 3 heterocycles. The molecule has 0 bridgehead atoms. The lowest BCUT2D eigenvalue weighted by atomic mass is 9.98. The third-order valence-electron chi connectivity index (χ3n) is 6.89. The summed E-state index contributed by atoms with van der Waals surface area (Å²) in [5.74, 6) is -0.953. The molecule has 0 saturated heterocycles. The molecule has 2 aliphatic rings. The van der Waals surface area contributed by atoms with E-state index in [0.717, 1.165) is 23.2 Å². The van der Waals surface area contributed by atoms with E-state index in [-0.39, 0.29) is 37.2 Å². The van der Waals surface area contributed by atoms with Gasteiger partial charge in [0.25, 0.3) is 11.8 Å². The van der Waals surface area contributed by atoms with Crippen LogP contribution in [0.1, 0.15) is 44.3 Å². The minimum absolute atomic E-state index is 0. The normalized spacial score (nSPS) is 14.7. The zero-order valence-electron chi connectivity index (χ0n) is 21.2. The maximum Gasteiger partial charge on any atom is 0.305 e. The highest BCUT2D eigenvalue weighted by Crippen LogP contribution is 2.37. The van der Waals surface area contributed by atoms with E-state index in [9.17, 15) is 19.5 Å². The van der Waals surface area contributed by atoms with Gasteiger partial charge in [0.2, 0.25) is 0 Å². The number of carbonyl (C=O) groups excluding carboxylic acids is 2. The second-order valence-electron chi connectivity index (χ2n) is 9.42. The lowest BCUT2D eigenvalue weighted by Crippen LogP contribution is -2.31. The molecule has 0 aliphatic carbocycles. The maximum absolute atomic E-state index is 13.6.